The van der Waals surface area contributed by atoms with Gasteiger partial charge in [-0.15, -0.1) is 0 Å². The average molecular weight is 461 g/mol. The Bertz CT molecular complexity index is 1310. The minimum absolute atomic E-state index is 0.0430. The topological polar surface area (TPSA) is 95.0 Å². The number of fused-ring (bicyclic) bond motifs is 2. The van der Waals surface area contributed by atoms with E-state index in [0.717, 1.165) is 38.8 Å². The number of cyclic esters (lactones) is 1. The summed E-state index contributed by atoms with van der Waals surface area (Å²) >= 11 is 0. The summed E-state index contributed by atoms with van der Waals surface area (Å²) in [4.78, 5) is 33.2. The number of β-amino-alcohol motifs (C(OH)–C–C–N with tert-alkyl or cyclic N) is 1. The second-order valence-electron chi connectivity index (χ2n) is 9.02. The van der Waals surface area contributed by atoms with Gasteiger partial charge in [0.15, 0.2) is 0 Å². The van der Waals surface area contributed by atoms with E-state index in [1.54, 1.807) is 11.0 Å². The van der Waals surface area contributed by atoms with Crippen molar-refractivity contribution >= 4 is 34.3 Å². The monoisotopic (exact) mass is 460 g/mol. The van der Waals surface area contributed by atoms with Gasteiger partial charge in [0.25, 0.3) is 0 Å². The minimum atomic E-state index is -0.761. The number of piperazine rings is 1. The molecule has 1 atom stereocenters. The quantitative estimate of drug-likeness (QED) is 0.565. The van der Waals surface area contributed by atoms with Crippen molar-refractivity contribution in [2.24, 2.45) is 0 Å². The van der Waals surface area contributed by atoms with Crippen LogP contribution in [0.4, 0.5) is 11.5 Å². The summed E-state index contributed by atoms with van der Waals surface area (Å²) in [6.07, 6.45) is -0.761. The van der Waals surface area contributed by atoms with E-state index in [4.69, 9.17) is 9.72 Å². The fourth-order valence-electron chi connectivity index (χ4n) is 4.81. The van der Waals surface area contributed by atoms with Gasteiger partial charge in [0.05, 0.1) is 23.7 Å². The number of rotatable bonds is 5. The number of anilines is 2. The molecule has 8 heteroatoms. The number of hydrogen-bond donors (Lipinski definition) is 2. The third kappa shape index (κ3) is 3.99. The zero-order valence-corrected chi connectivity index (χ0v) is 19.6. The lowest BCUT2D eigenvalue weighted by atomic mass is 9.96. The second kappa shape index (κ2) is 8.70. The van der Waals surface area contributed by atoms with Crippen molar-refractivity contribution in [3.05, 3.63) is 64.2 Å². The summed E-state index contributed by atoms with van der Waals surface area (Å²) in [5.74, 6) is 0.285. The molecule has 5 rings (SSSR count). The Morgan fingerprint density at radius 1 is 1.12 bits per heavy atom. The van der Waals surface area contributed by atoms with Crippen LogP contribution in [-0.2, 0) is 16.1 Å². The summed E-state index contributed by atoms with van der Waals surface area (Å²) in [6, 6.07) is 11.6. The van der Waals surface area contributed by atoms with E-state index in [0.29, 0.717) is 31.0 Å². The molecule has 2 aromatic carbocycles. The zero-order valence-electron chi connectivity index (χ0n) is 19.6. The molecule has 0 bridgehead atoms. The van der Waals surface area contributed by atoms with Gasteiger partial charge in [0.1, 0.15) is 12.4 Å². The van der Waals surface area contributed by atoms with Gasteiger partial charge < -0.3 is 15.2 Å². The molecule has 0 spiro atoms. The number of aliphatic hydroxyl groups excluding tert-OH is 1. The van der Waals surface area contributed by atoms with Crippen molar-refractivity contribution in [3.8, 4) is 0 Å². The summed E-state index contributed by atoms with van der Waals surface area (Å²) in [7, 11) is 1.89. The molecule has 1 saturated heterocycles. The van der Waals surface area contributed by atoms with E-state index < -0.39 is 6.10 Å². The van der Waals surface area contributed by atoms with Crippen LogP contribution in [0.15, 0.2) is 36.4 Å². The number of esters is 1. The largest absolute Gasteiger partial charge is 0.457 e. The number of nitrogens with one attached hydrogen (secondary N) is 1. The van der Waals surface area contributed by atoms with Gasteiger partial charge in [-0.05, 0) is 66.9 Å². The molecule has 2 N–H and O–H groups in total. The van der Waals surface area contributed by atoms with Crippen LogP contribution in [0.1, 0.15) is 38.7 Å². The first-order valence-corrected chi connectivity index (χ1v) is 11.4. The van der Waals surface area contributed by atoms with E-state index in [2.05, 4.69) is 11.4 Å². The molecule has 0 aliphatic carbocycles. The predicted octanol–water partition coefficient (Wildman–Crippen LogP) is 2.95. The van der Waals surface area contributed by atoms with Crippen LogP contribution in [0.25, 0.3) is 10.9 Å². The maximum atomic E-state index is 13.0. The van der Waals surface area contributed by atoms with Crippen LogP contribution in [-0.4, -0.2) is 60.1 Å². The number of amides is 1. The fourth-order valence-corrected chi connectivity index (χ4v) is 4.81. The number of pyridine rings is 1. The number of benzene rings is 2. The number of aryl methyl sites for hydroxylation is 2. The van der Waals surface area contributed by atoms with Gasteiger partial charge in [-0.2, -0.15) is 0 Å². The number of carbonyl (C=O) groups is 2. The number of ether oxygens (including phenoxy) is 1. The van der Waals surface area contributed by atoms with Crippen LogP contribution in [0.2, 0.25) is 0 Å². The Morgan fingerprint density at radius 3 is 2.71 bits per heavy atom. The lowest BCUT2D eigenvalue weighted by Crippen LogP contribution is -2.51. The van der Waals surface area contributed by atoms with Crippen LogP contribution in [0.5, 0.6) is 0 Å². The Balaban J connectivity index is 1.28. The van der Waals surface area contributed by atoms with Gasteiger partial charge in [0.2, 0.25) is 5.91 Å². The Labute approximate surface area is 198 Å². The molecular formula is C26H28N4O4. The first-order valence-electron chi connectivity index (χ1n) is 11.4. The van der Waals surface area contributed by atoms with Gasteiger partial charge in [0, 0.05) is 43.3 Å². The van der Waals surface area contributed by atoms with Crippen LogP contribution < -0.4 is 10.2 Å². The van der Waals surface area contributed by atoms with Crippen molar-refractivity contribution in [2.45, 2.75) is 26.6 Å². The summed E-state index contributed by atoms with van der Waals surface area (Å²) in [5.41, 5.74) is 5.98. The van der Waals surface area contributed by atoms with Gasteiger partial charge >= 0.3 is 5.97 Å². The smallest absolute Gasteiger partial charge is 0.338 e. The third-order valence-corrected chi connectivity index (χ3v) is 6.73. The molecular weight excluding hydrogens is 432 g/mol. The van der Waals surface area contributed by atoms with Crippen LogP contribution in [0, 0.1) is 13.8 Å². The van der Waals surface area contributed by atoms with E-state index in [1.165, 1.54) is 0 Å². The molecule has 0 radical (unpaired) electrons. The molecule has 1 aromatic heterocycles. The van der Waals surface area contributed by atoms with Crippen molar-refractivity contribution in [3.63, 3.8) is 0 Å². The molecule has 0 saturated carbocycles. The number of aliphatic hydroxyl groups is 1. The predicted molar refractivity (Wildman–Crippen MR) is 130 cm³/mol. The van der Waals surface area contributed by atoms with E-state index >= 15 is 0 Å². The lowest BCUT2D eigenvalue weighted by Gasteiger charge is -2.35. The van der Waals surface area contributed by atoms with E-state index in [1.807, 2.05) is 50.1 Å². The van der Waals surface area contributed by atoms with Crippen LogP contribution in [0.3, 0.4) is 0 Å². The zero-order chi connectivity index (χ0) is 24.0. The lowest BCUT2D eigenvalue weighted by molar-refractivity contribution is -0.121. The highest BCUT2D eigenvalue weighted by Gasteiger charge is 2.29. The molecule has 34 heavy (non-hydrogen) atoms. The molecule has 1 unspecified atom stereocenters. The van der Waals surface area contributed by atoms with Crippen molar-refractivity contribution < 1.29 is 19.4 Å². The Morgan fingerprint density at radius 2 is 1.94 bits per heavy atom. The normalized spacial score (nSPS) is 17.1. The standard InChI is InChI=1S/C26H28N4O4/c1-15-8-20-18(14-34-26(20)33)10-19(15)23(31)12-29-6-7-30(25(32)13-29)24-5-4-17-11-21(27-3)16(2)9-22(17)28-24/h4-5,8-11,23,27,31H,6-7,12-14H2,1-3H3. The van der Waals surface area contributed by atoms with Gasteiger partial charge in [-0.1, -0.05) is 0 Å². The molecule has 2 aliphatic heterocycles. The highest BCUT2D eigenvalue weighted by atomic mass is 16.5. The maximum absolute atomic E-state index is 13.0. The highest BCUT2D eigenvalue weighted by Crippen LogP contribution is 2.29. The summed E-state index contributed by atoms with van der Waals surface area (Å²) in [6.45, 7) is 5.82. The third-order valence-electron chi connectivity index (χ3n) is 6.73. The molecule has 3 heterocycles. The highest BCUT2D eigenvalue weighted by molar-refractivity contribution is 5.96. The second-order valence-corrected chi connectivity index (χ2v) is 9.02. The van der Waals surface area contributed by atoms with E-state index in [-0.39, 0.29) is 25.0 Å². The van der Waals surface area contributed by atoms with Crippen molar-refractivity contribution in [2.75, 3.05) is 43.4 Å². The number of aromatic nitrogens is 1. The molecule has 176 valence electrons. The molecule has 1 fully saturated rings. The van der Waals surface area contributed by atoms with Crippen molar-refractivity contribution in [1.29, 1.82) is 0 Å². The number of hydrogen-bond acceptors (Lipinski definition) is 7. The Hall–Kier alpha value is -3.49. The Kier molecular flexibility index (Phi) is 5.71. The molecule has 1 amide bonds. The minimum Gasteiger partial charge on any atom is -0.457 e. The fraction of sp³-hybridized carbons (Fsp3) is 0.346. The molecule has 3 aromatic rings. The average Bonchev–Trinajstić information content (AvgIpc) is 3.17. The number of carbonyl (C=O) groups excluding carboxylic acids is 2. The van der Waals surface area contributed by atoms with Gasteiger partial charge in [-0.25, -0.2) is 9.78 Å². The van der Waals surface area contributed by atoms with Crippen molar-refractivity contribution in [1.82, 2.24) is 9.88 Å². The summed E-state index contributed by atoms with van der Waals surface area (Å²) < 4.78 is 5.09. The first-order chi connectivity index (χ1) is 16.3. The first kappa shape index (κ1) is 22.3. The molecule has 2 aliphatic rings. The van der Waals surface area contributed by atoms with Gasteiger partial charge in [-0.3, -0.25) is 14.6 Å². The van der Waals surface area contributed by atoms with Crippen LogP contribution >= 0.6 is 0 Å². The summed E-state index contributed by atoms with van der Waals surface area (Å²) in [5, 5.41) is 15.1. The molecule has 8 nitrogen and oxygen atoms in total. The SMILES string of the molecule is CNc1cc2ccc(N3CCN(CC(O)c4cc5c(cc4C)C(=O)OC5)CC3=O)nc2cc1C. The van der Waals surface area contributed by atoms with E-state index in [9.17, 15) is 14.7 Å². The number of nitrogens with zero attached hydrogens (tertiary/aromatic N) is 3. The maximum Gasteiger partial charge on any atom is 0.338 e.